The van der Waals surface area contributed by atoms with Crippen molar-refractivity contribution in [1.82, 2.24) is 10.1 Å². The molecule has 0 aromatic carbocycles. The largest absolute Gasteiger partial charge is 0.367 e. The third-order valence-corrected chi connectivity index (χ3v) is 5.10. The summed E-state index contributed by atoms with van der Waals surface area (Å²) >= 11 is 0. The molecule has 0 amide bonds. The maximum absolute atomic E-state index is 5.97. The van der Waals surface area contributed by atoms with E-state index in [1.54, 1.807) is 12.4 Å². The average Bonchev–Trinajstić information content (AvgIpc) is 3.16. The van der Waals surface area contributed by atoms with Crippen molar-refractivity contribution in [2.75, 3.05) is 5.73 Å². The molecule has 2 aliphatic carbocycles. The van der Waals surface area contributed by atoms with Crippen LogP contribution in [0.2, 0.25) is 0 Å². The molecule has 4 nitrogen and oxygen atoms in total. The van der Waals surface area contributed by atoms with Crippen LogP contribution in [0.15, 0.2) is 29.0 Å². The van der Waals surface area contributed by atoms with Crippen molar-refractivity contribution in [2.45, 2.75) is 32.1 Å². The molecule has 3 unspecified atom stereocenters. The molecule has 0 radical (unpaired) electrons. The Balaban J connectivity index is 1.63. The van der Waals surface area contributed by atoms with Crippen molar-refractivity contribution in [3.63, 3.8) is 0 Å². The molecule has 2 heterocycles. The summed E-state index contributed by atoms with van der Waals surface area (Å²) in [5.74, 6) is 3.04. The number of pyridine rings is 1. The molecule has 3 atom stereocenters. The Morgan fingerprint density at radius 2 is 2.05 bits per heavy atom. The summed E-state index contributed by atoms with van der Waals surface area (Å²) in [6.45, 7) is 0. The fourth-order valence-corrected chi connectivity index (χ4v) is 4.18. The first kappa shape index (κ1) is 11.9. The Bertz CT molecular complexity index is 607. The SMILES string of the molecule is Nc1onc(CC2CC3CCC2C3)c1-c1ccncc1. The first-order chi connectivity index (χ1) is 9.81. The van der Waals surface area contributed by atoms with Crippen LogP contribution < -0.4 is 5.73 Å². The van der Waals surface area contributed by atoms with E-state index in [1.807, 2.05) is 12.1 Å². The maximum Gasteiger partial charge on any atom is 0.230 e. The van der Waals surface area contributed by atoms with Gasteiger partial charge in [0.25, 0.3) is 0 Å². The lowest BCUT2D eigenvalue weighted by atomic mass is 9.84. The van der Waals surface area contributed by atoms with Gasteiger partial charge in [0.2, 0.25) is 5.88 Å². The lowest BCUT2D eigenvalue weighted by molar-refractivity contribution is 0.322. The van der Waals surface area contributed by atoms with Crippen molar-refractivity contribution in [3.05, 3.63) is 30.2 Å². The van der Waals surface area contributed by atoms with Crippen LogP contribution in [-0.4, -0.2) is 10.1 Å². The predicted octanol–water partition coefficient (Wildman–Crippen LogP) is 3.30. The molecule has 2 aromatic rings. The van der Waals surface area contributed by atoms with E-state index in [4.69, 9.17) is 10.3 Å². The zero-order valence-electron chi connectivity index (χ0n) is 11.5. The topological polar surface area (TPSA) is 64.9 Å². The molecule has 4 heteroatoms. The summed E-state index contributed by atoms with van der Waals surface area (Å²) in [5.41, 5.74) is 9.01. The minimum Gasteiger partial charge on any atom is -0.367 e. The van der Waals surface area contributed by atoms with Crippen LogP contribution in [0.4, 0.5) is 5.88 Å². The van der Waals surface area contributed by atoms with Gasteiger partial charge in [-0.05, 0) is 61.1 Å². The Kier molecular flexibility index (Phi) is 2.76. The van der Waals surface area contributed by atoms with Crippen molar-refractivity contribution in [1.29, 1.82) is 0 Å². The second-order valence-electron chi connectivity index (χ2n) is 6.24. The molecular formula is C16H19N3O. The van der Waals surface area contributed by atoms with Gasteiger partial charge in [0.15, 0.2) is 0 Å². The second-order valence-corrected chi connectivity index (χ2v) is 6.24. The van der Waals surface area contributed by atoms with E-state index in [1.165, 1.54) is 25.7 Å². The zero-order valence-corrected chi connectivity index (χ0v) is 11.5. The molecule has 2 aliphatic rings. The van der Waals surface area contributed by atoms with Crippen LogP contribution >= 0.6 is 0 Å². The van der Waals surface area contributed by atoms with Crippen LogP contribution in [0.3, 0.4) is 0 Å². The van der Waals surface area contributed by atoms with Gasteiger partial charge in [-0.15, -0.1) is 0 Å². The number of nitrogens with two attached hydrogens (primary N) is 1. The minimum absolute atomic E-state index is 0.425. The molecule has 0 saturated heterocycles. The normalized spacial score (nSPS) is 28.1. The quantitative estimate of drug-likeness (QED) is 0.928. The Morgan fingerprint density at radius 3 is 2.75 bits per heavy atom. The smallest absolute Gasteiger partial charge is 0.230 e. The van der Waals surface area contributed by atoms with Gasteiger partial charge in [-0.3, -0.25) is 4.98 Å². The first-order valence-corrected chi connectivity index (χ1v) is 7.45. The summed E-state index contributed by atoms with van der Waals surface area (Å²) in [4.78, 5) is 4.06. The van der Waals surface area contributed by atoms with Gasteiger partial charge in [0.1, 0.15) is 0 Å². The highest BCUT2D eigenvalue weighted by molar-refractivity contribution is 5.74. The molecule has 2 aromatic heterocycles. The number of aromatic nitrogens is 2. The average molecular weight is 269 g/mol. The van der Waals surface area contributed by atoms with E-state index in [0.717, 1.165) is 41.0 Å². The van der Waals surface area contributed by atoms with Gasteiger partial charge in [0.05, 0.1) is 11.3 Å². The lowest BCUT2D eigenvalue weighted by Gasteiger charge is -2.20. The lowest BCUT2D eigenvalue weighted by Crippen LogP contribution is -2.13. The Labute approximate surface area is 118 Å². The van der Waals surface area contributed by atoms with Crippen LogP contribution in [-0.2, 0) is 6.42 Å². The van der Waals surface area contributed by atoms with Crippen molar-refractivity contribution >= 4 is 5.88 Å². The molecule has 2 saturated carbocycles. The number of hydrogen-bond acceptors (Lipinski definition) is 4. The molecule has 2 N–H and O–H groups in total. The van der Waals surface area contributed by atoms with Crippen LogP contribution in [0.5, 0.6) is 0 Å². The summed E-state index contributed by atoms with van der Waals surface area (Å²) in [6.07, 6.45) is 10.2. The highest BCUT2D eigenvalue weighted by Crippen LogP contribution is 2.50. The number of anilines is 1. The van der Waals surface area contributed by atoms with E-state index in [2.05, 4.69) is 10.1 Å². The summed E-state index contributed by atoms with van der Waals surface area (Å²) < 4.78 is 5.25. The number of rotatable bonds is 3. The second kappa shape index (κ2) is 4.62. The number of hydrogen-bond donors (Lipinski definition) is 1. The van der Waals surface area contributed by atoms with Gasteiger partial charge >= 0.3 is 0 Å². The fraction of sp³-hybridized carbons (Fsp3) is 0.500. The van der Waals surface area contributed by atoms with Crippen molar-refractivity contribution < 1.29 is 4.52 Å². The van der Waals surface area contributed by atoms with Crippen LogP contribution in [0, 0.1) is 17.8 Å². The molecule has 0 aliphatic heterocycles. The third-order valence-electron chi connectivity index (χ3n) is 5.10. The summed E-state index contributed by atoms with van der Waals surface area (Å²) in [7, 11) is 0. The molecule has 20 heavy (non-hydrogen) atoms. The molecule has 2 bridgehead atoms. The van der Waals surface area contributed by atoms with E-state index in [0.29, 0.717) is 5.88 Å². The fourth-order valence-electron chi connectivity index (χ4n) is 4.18. The van der Waals surface area contributed by atoms with E-state index in [9.17, 15) is 0 Å². The third kappa shape index (κ3) is 1.90. The Hall–Kier alpha value is -1.84. The van der Waals surface area contributed by atoms with E-state index < -0.39 is 0 Å². The summed E-state index contributed by atoms with van der Waals surface area (Å²) in [5, 5.41) is 4.22. The number of nitrogens with zero attached hydrogens (tertiary/aromatic N) is 2. The standard InChI is InChI=1S/C16H19N3O/c17-16-15(11-3-5-18-6-4-11)14(19-20-16)9-13-8-10-1-2-12(13)7-10/h3-6,10,12-13H,1-2,7-9,17H2. The zero-order chi connectivity index (χ0) is 13.5. The van der Waals surface area contributed by atoms with Gasteiger partial charge in [-0.25, -0.2) is 0 Å². The van der Waals surface area contributed by atoms with Gasteiger partial charge < -0.3 is 10.3 Å². The van der Waals surface area contributed by atoms with Crippen molar-refractivity contribution in [3.8, 4) is 11.1 Å². The van der Waals surface area contributed by atoms with Gasteiger partial charge in [-0.1, -0.05) is 11.6 Å². The first-order valence-electron chi connectivity index (χ1n) is 7.45. The molecule has 2 fully saturated rings. The van der Waals surface area contributed by atoms with Gasteiger partial charge in [-0.2, -0.15) is 0 Å². The molecule has 0 spiro atoms. The highest BCUT2D eigenvalue weighted by atomic mass is 16.5. The number of fused-ring (bicyclic) bond motifs is 2. The van der Waals surface area contributed by atoms with Crippen LogP contribution in [0.25, 0.3) is 11.1 Å². The van der Waals surface area contributed by atoms with Crippen molar-refractivity contribution in [2.24, 2.45) is 17.8 Å². The van der Waals surface area contributed by atoms with E-state index >= 15 is 0 Å². The number of nitrogen functional groups attached to an aromatic ring is 1. The van der Waals surface area contributed by atoms with Crippen LogP contribution in [0.1, 0.15) is 31.4 Å². The predicted molar refractivity (Wildman–Crippen MR) is 76.8 cm³/mol. The molecule has 4 rings (SSSR count). The monoisotopic (exact) mass is 269 g/mol. The maximum atomic E-state index is 5.97. The highest BCUT2D eigenvalue weighted by Gasteiger charge is 2.40. The van der Waals surface area contributed by atoms with Gasteiger partial charge in [0, 0.05) is 12.4 Å². The molecular weight excluding hydrogens is 250 g/mol. The molecule has 104 valence electrons. The van der Waals surface area contributed by atoms with E-state index in [-0.39, 0.29) is 0 Å². The Morgan fingerprint density at radius 1 is 1.20 bits per heavy atom. The minimum atomic E-state index is 0.425. The summed E-state index contributed by atoms with van der Waals surface area (Å²) in [6, 6.07) is 3.93.